The van der Waals surface area contributed by atoms with Crippen LogP contribution in [0.1, 0.15) is 64.7 Å². The molecule has 0 fully saturated rings. The molecule has 0 aromatic rings. The summed E-state index contributed by atoms with van der Waals surface area (Å²) >= 11 is 4.14. The Morgan fingerprint density at radius 2 is 1.38 bits per heavy atom. The van der Waals surface area contributed by atoms with E-state index >= 15 is 0 Å². The van der Waals surface area contributed by atoms with Crippen molar-refractivity contribution in [1.82, 2.24) is 5.32 Å². The van der Waals surface area contributed by atoms with Crippen LogP contribution in [0.2, 0.25) is 0 Å². The molecule has 0 atom stereocenters. The van der Waals surface area contributed by atoms with Crippen molar-refractivity contribution in [3.05, 3.63) is 0 Å². The molecule has 0 radical (unpaired) electrons. The first-order chi connectivity index (χ1) is 7.91. The highest BCUT2D eigenvalue weighted by atomic mass is 33.1. The van der Waals surface area contributed by atoms with Gasteiger partial charge in [-0.15, -0.1) is 11.7 Å². The van der Waals surface area contributed by atoms with Gasteiger partial charge in [0.05, 0.1) is 0 Å². The van der Waals surface area contributed by atoms with E-state index in [1.807, 2.05) is 0 Å². The van der Waals surface area contributed by atoms with E-state index in [1.165, 1.54) is 76.6 Å². The van der Waals surface area contributed by atoms with Crippen molar-refractivity contribution >= 4 is 22.5 Å². The molecule has 1 nitrogen and oxygen atoms in total. The molecule has 0 amide bonds. The maximum absolute atomic E-state index is 4.14. The summed E-state index contributed by atoms with van der Waals surface area (Å²) in [5.74, 6) is 1.21. The largest absolute Gasteiger partial charge is 0.317 e. The zero-order chi connectivity index (χ0) is 11.9. The van der Waals surface area contributed by atoms with E-state index in [0.29, 0.717) is 0 Å². The monoisotopic (exact) mass is 263 g/mol. The maximum Gasteiger partial charge on any atom is 0.00345 e. The molecule has 0 aliphatic rings. The lowest BCUT2D eigenvalue weighted by molar-refractivity contribution is 0.555. The quantitative estimate of drug-likeness (QED) is 0.284. The molecular formula is C13H29NS2. The van der Waals surface area contributed by atoms with E-state index in [-0.39, 0.29) is 0 Å². The van der Waals surface area contributed by atoms with Crippen LogP contribution in [0.4, 0.5) is 0 Å². The minimum absolute atomic E-state index is 1.18. The van der Waals surface area contributed by atoms with Gasteiger partial charge in [-0.3, -0.25) is 0 Å². The Labute approximate surface area is 111 Å². The van der Waals surface area contributed by atoms with Gasteiger partial charge in [-0.05, 0) is 32.4 Å². The van der Waals surface area contributed by atoms with Crippen LogP contribution < -0.4 is 5.32 Å². The van der Waals surface area contributed by atoms with Crippen LogP contribution in [0, 0.1) is 0 Å². The Kier molecular flexibility index (Phi) is 16.3. The van der Waals surface area contributed by atoms with Crippen LogP contribution in [-0.2, 0) is 0 Å². The summed E-state index contributed by atoms with van der Waals surface area (Å²) in [7, 11) is 1.67. The number of rotatable bonds is 13. The van der Waals surface area contributed by atoms with E-state index in [9.17, 15) is 0 Å². The molecule has 0 aromatic carbocycles. The second kappa shape index (κ2) is 15.7. The van der Waals surface area contributed by atoms with Crippen molar-refractivity contribution in [2.45, 2.75) is 64.7 Å². The zero-order valence-electron chi connectivity index (χ0n) is 10.8. The fourth-order valence-corrected chi connectivity index (χ4v) is 2.50. The Morgan fingerprint density at radius 3 is 1.94 bits per heavy atom. The van der Waals surface area contributed by atoms with Crippen molar-refractivity contribution in [2.24, 2.45) is 0 Å². The molecule has 1 N–H and O–H groups in total. The smallest absolute Gasteiger partial charge is 0.00345 e. The van der Waals surface area contributed by atoms with Crippen molar-refractivity contribution < 1.29 is 0 Å². The molecule has 3 heteroatoms. The second-order valence-corrected chi connectivity index (χ2v) is 5.85. The zero-order valence-corrected chi connectivity index (χ0v) is 12.6. The van der Waals surface area contributed by atoms with Gasteiger partial charge < -0.3 is 5.32 Å². The molecule has 0 bridgehead atoms. The van der Waals surface area contributed by atoms with E-state index < -0.39 is 0 Å². The Hall–Kier alpha value is 0.660. The van der Waals surface area contributed by atoms with Gasteiger partial charge in [0.15, 0.2) is 0 Å². The maximum atomic E-state index is 4.14. The average molecular weight is 264 g/mol. The summed E-state index contributed by atoms with van der Waals surface area (Å²) in [6.45, 7) is 4.62. The highest BCUT2D eigenvalue weighted by Gasteiger charge is 1.92. The SMILES string of the molecule is CCCNCCCCCCCCCCSS. The minimum Gasteiger partial charge on any atom is -0.317 e. The standard InChI is InChI=1S/C13H29NS2/c1-2-11-14-12-9-7-5-3-4-6-8-10-13-16-15/h14-15H,2-13H2,1H3. The normalized spacial score (nSPS) is 10.9. The highest BCUT2D eigenvalue weighted by Crippen LogP contribution is 2.12. The van der Waals surface area contributed by atoms with Gasteiger partial charge in [-0.1, -0.05) is 56.2 Å². The molecule has 0 aromatic heterocycles. The molecule has 0 saturated carbocycles. The third kappa shape index (κ3) is 14.7. The first kappa shape index (κ1) is 16.7. The summed E-state index contributed by atoms with van der Waals surface area (Å²) in [6, 6.07) is 0. The van der Waals surface area contributed by atoms with E-state index in [2.05, 4.69) is 23.9 Å². The third-order valence-corrected chi connectivity index (χ3v) is 3.78. The van der Waals surface area contributed by atoms with Crippen LogP contribution >= 0.6 is 22.5 Å². The topological polar surface area (TPSA) is 12.0 Å². The molecule has 16 heavy (non-hydrogen) atoms. The molecule has 0 unspecified atom stereocenters. The van der Waals surface area contributed by atoms with Gasteiger partial charge >= 0.3 is 0 Å². The minimum atomic E-state index is 1.18. The summed E-state index contributed by atoms with van der Waals surface area (Å²) in [5.41, 5.74) is 0. The Bertz CT molecular complexity index is 107. The fraction of sp³-hybridized carbons (Fsp3) is 1.00. The molecule has 0 rings (SSSR count). The van der Waals surface area contributed by atoms with E-state index in [1.54, 1.807) is 10.8 Å². The first-order valence-electron chi connectivity index (χ1n) is 6.89. The summed E-state index contributed by atoms with van der Waals surface area (Å²) in [5, 5.41) is 3.45. The lowest BCUT2D eigenvalue weighted by atomic mass is 10.1. The van der Waals surface area contributed by atoms with Crippen LogP contribution in [-0.4, -0.2) is 18.8 Å². The molecule has 0 heterocycles. The van der Waals surface area contributed by atoms with Gasteiger partial charge in [0.1, 0.15) is 0 Å². The summed E-state index contributed by atoms with van der Waals surface area (Å²) < 4.78 is 0. The molecular weight excluding hydrogens is 234 g/mol. The van der Waals surface area contributed by atoms with Crippen LogP contribution in [0.15, 0.2) is 0 Å². The van der Waals surface area contributed by atoms with Gasteiger partial charge in [-0.25, -0.2) is 0 Å². The average Bonchev–Trinajstić information content (AvgIpc) is 2.31. The number of hydrogen-bond acceptors (Lipinski definition) is 3. The van der Waals surface area contributed by atoms with Crippen molar-refractivity contribution in [3.8, 4) is 0 Å². The molecule has 0 saturated heterocycles. The predicted octanol–water partition coefficient (Wildman–Crippen LogP) is 4.68. The number of hydrogen-bond donors (Lipinski definition) is 2. The molecule has 0 spiro atoms. The van der Waals surface area contributed by atoms with Crippen molar-refractivity contribution in [2.75, 3.05) is 18.8 Å². The van der Waals surface area contributed by atoms with Gasteiger partial charge in [0.25, 0.3) is 0 Å². The predicted molar refractivity (Wildman–Crippen MR) is 81.5 cm³/mol. The number of nitrogens with one attached hydrogen (secondary N) is 1. The molecule has 98 valence electrons. The molecule has 0 aliphatic carbocycles. The van der Waals surface area contributed by atoms with E-state index in [0.717, 1.165) is 0 Å². The summed E-state index contributed by atoms with van der Waals surface area (Å²) in [4.78, 5) is 0. The lowest BCUT2D eigenvalue weighted by Gasteiger charge is -2.03. The summed E-state index contributed by atoms with van der Waals surface area (Å²) in [6.07, 6.45) is 12.5. The third-order valence-electron chi connectivity index (χ3n) is 2.77. The Balaban J connectivity index is 2.83. The second-order valence-electron chi connectivity index (χ2n) is 4.41. The number of unbranched alkanes of at least 4 members (excludes halogenated alkanes) is 7. The lowest BCUT2D eigenvalue weighted by Crippen LogP contribution is -2.15. The first-order valence-corrected chi connectivity index (χ1v) is 8.92. The fourth-order valence-electron chi connectivity index (χ4n) is 1.78. The van der Waals surface area contributed by atoms with Crippen LogP contribution in [0.5, 0.6) is 0 Å². The van der Waals surface area contributed by atoms with Crippen LogP contribution in [0.25, 0.3) is 0 Å². The van der Waals surface area contributed by atoms with Gasteiger partial charge in [0, 0.05) is 5.75 Å². The molecule has 0 aliphatic heterocycles. The van der Waals surface area contributed by atoms with Gasteiger partial charge in [0.2, 0.25) is 0 Å². The van der Waals surface area contributed by atoms with Crippen LogP contribution in [0.3, 0.4) is 0 Å². The highest BCUT2D eigenvalue weighted by molar-refractivity contribution is 8.68. The van der Waals surface area contributed by atoms with Crippen molar-refractivity contribution in [1.29, 1.82) is 0 Å². The Morgan fingerprint density at radius 1 is 0.812 bits per heavy atom. The van der Waals surface area contributed by atoms with Crippen molar-refractivity contribution in [3.63, 3.8) is 0 Å². The van der Waals surface area contributed by atoms with Gasteiger partial charge in [-0.2, -0.15) is 0 Å². The number of thiol groups is 1. The van der Waals surface area contributed by atoms with E-state index in [4.69, 9.17) is 0 Å².